The number of pyridine rings is 1. The Balaban J connectivity index is 1.95. The Morgan fingerprint density at radius 2 is 1.93 bits per heavy atom. The molecule has 0 saturated heterocycles. The number of nitrogens with zero attached hydrogens (tertiary/aromatic N) is 4. The number of Topliss-reactive ketones (excluding diaryl/α,β-unsaturated/α-hetero) is 1. The Hall–Kier alpha value is -3.20. The number of ketones is 1. The van der Waals surface area contributed by atoms with E-state index < -0.39 is 23.8 Å². The van der Waals surface area contributed by atoms with E-state index >= 15 is 0 Å². The van der Waals surface area contributed by atoms with Gasteiger partial charge in [0.05, 0.1) is 34.5 Å². The van der Waals surface area contributed by atoms with Crippen molar-refractivity contribution >= 4 is 28.6 Å². The van der Waals surface area contributed by atoms with E-state index in [1.807, 2.05) is 0 Å². The minimum absolute atomic E-state index is 0.0677. The molecule has 0 aliphatic carbocycles. The van der Waals surface area contributed by atoms with Crippen molar-refractivity contribution < 1.29 is 23.1 Å². The zero-order valence-corrected chi connectivity index (χ0v) is 14.9. The van der Waals surface area contributed by atoms with Crippen molar-refractivity contribution in [2.45, 2.75) is 26.3 Å². The fraction of sp³-hybridized carbons (Fsp3) is 0.211. The summed E-state index contributed by atoms with van der Waals surface area (Å²) in [6, 6.07) is 6.61. The smallest absolute Gasteiger partial charge is 0.367 e. The van der Waals surface area contributed by atoms with Crippen LogP contribution in [0.5, 0.6) is 0 Å². The van der Waals surface area contributed by atoms with Crippen LogP contribution >= 0.6 is 0 Å². The van der Waals surface area contributed by atoms with E-state index in [-0.39, 0.29) is 17.2 Å². The summed E-state index contributed by atoms with van der Waals surface area (Å²) in [5.74, 6) is -0.159. The van der Waals surface area contributed by atoms with Crippen molar-refractivity contribution in [3.05, 3.63) is 59.8 Å². The fourth-order valence-electron chi connectivity index (χ4n) is 3.30. The lowest BCUT2D eigenvalue weighted by molar-refractivity contribution is -0.137. The average Bonchev–Trinajstić information content (AvgIpc) is 2.97. The van der Waals surface area contributed by atoms with E-state index in [0.717, 1.165) is 12.1 Å². The molecule has 2 aliphatic rings. The molecule has 1 aromatic heterocycles. The Bertz CT molecular complexity index is 1050. The van der Waals surface area contributed by atoms with Crippen molar-refractivity contribution in [2.75, 3.05) is 9.80 Å². The first-order valence-corrected chi connectivity index (χ1v) is 8.39. The number of aromatic nitrogens is 1. The van der Waals surface area contributed by atoms with Crippen molar-refractivity contribution in [2.24, 2.45) is 4.99 Å². The molecule has 0 spiro atoms. The molecule has 0 bridgehead atoms. The van der Waals surface area contributed by atoms with Crippen LogP contribution in [0.3, 0.4) is 0 Å². The third-order valence-corrected chi connectivity index (χ3v) is 4.64. The summed E-state index contributed by atoms with van der Waals surface area (Å²) in [6.07, 6.45) is -2.82. The number of alkyl halides is 3. The van der Waals surface area contributed by atoms with Crippen molar-refractivity contribution in [1.29, 1.82) is 0 Å². The molecular weight excluding hydrogens is 373 g/mol. The Labute approximate surface area is 158 Å². The third kappa shape index (κ3) is 2.75. The number of aryl methyl sites for hydroxylation is 1. The number of carbonyl (C=O) groups excluding carboxylic acids is 1. The second-order valence-electron chi connectivity index (χ2n) is 6.46. The van der Waals surface area contributed by atoms with Crippen molar-refractivity contribution in [1.82, 2.24) is 4.98 Å². The first-order valence-electron chi connectivity index (χ1n) is 8.39. The first kappa shape index (κ1) is 18.2. The van der Waals surface area contributed by atoms with Gasteiger partial charge in [-0.05, 0) is 37.3 Å². The number of hydrogen-bond acceptors (Lipinski definition) is 6. The predicted molar refractivity (Wildman–Crippen MR) is 97.2 cm³/mol. The molecule has 1 aromatic carbocycles. The molecular formula is C19H15F3N4O2. The maximum atomic E-state index is 13.3. The molecule has 9 heteroatoms. The van der Waals surface area contributed by atoms with Crippen LogP contribution in [-0.4, -0.2) is 27.8 Å². The summed E-state index contributed by atoms with van der Waals surface area (Å²) in [6.45, 7) is 3.01. The maximum Gasteiger partial charge on any atom is 0.416 e. The lowest BCUT2D eigenvalue weighted by Crippen LogP contribution is -2.39. The van der Waals surface area contributed by atoms with Gasteiger partial charge >= 0.3 is 6.18 Å². The first-order chi connectivity index (χ1) is 13.2. The molecule has 1 atom stereocenters. The lowest BCUT2D eigenvalue weighted by atomic mass is 10.1. The molecule has 0 fully saturated rings. The monoisotopic (exact) mass is 388 g/mol. The van der Waals surface area contributed by atoms with Crippen LogP contribution in [0.2, 0.25) is 0 Å². The summed E-state index contributed by atoms with van der Waals surface area (Å²) in [4.78, 5) is 23.0. The third-order valence-electron chi connectivity index (χ3n) is 4.64. The van der Waals surface area contributed by atoms with Crippen molar-refractivity contribution in [3.63, 3.8) is 0 Å². The predicted octanol–water partition coefficient (Wildman–Crippen LogP) is 3.53. The molecule has 144 valence electrons. The molecule has 2 aliphatic heterocycles. The lowest BCUT2D eigenvalue weighted by Gasteiger charge is -2.35. The molecule has 3 heterocycles. The van der Waals surface area contributed by atoms with Crippen LogP contribution < -0.4 is 9.80 Å². The highest BCUT2D eigenvalue weighted by Gasteiger charge is 2.40. The molecule has 0 saturated carbocycles. The van der Waals surface area contributed by atoms with Crippen LogP contribution in [0.25, 0.3) is 0 Å². The molecule has 1 N–H and O–H groups in total. The second-order valence-corrected chi connectivity index (χ2v) is 6.46. The molecule has 0 amide bonds. The minimum Gasteiger partial charge on any atom is -0.367 e. The number of hydrogen-bond donors (Lipinski definition) is 1. The summed E-state index contributed by atoms with van der Waals surface area (Å²) in [5, 5.41) is 10.5. The number of aliphatic hydroxyl groups excluding tert-OH is 1. The average molecular weight is 388 g/mol. The van der Waals surface area contributed by atoms with E-state index in [4.69, 9.17) is 0 Å². The van der Waals surface area contributed by atoms with Gasteiger partial charge in [0.1, 0.15) is 5.71 Å². The number of carbonyl (C=O) groups is 1. The van der Waals surface area contributed by atoms with Gasteiger partial charge in [0, 0.05) is 13.1 Å². The molecule has 28 heavy (non-hydrogen) atoms. The highest BCUT2D eigenvalue weighted by molar-refractivity contribution is 6.42. The van der Waals surface area contributed by atoms with Gasteiger partial charge in [-0.25, -0.2) is 4.99 Å². The van der Waals surface area contributed by atoms with Gasteiger partial charge in [0.25, 0.3) is 0 Å². The quantitative estimate of drug-likeness (QED) is 0.853. The number of benzene rings is 1. The largest absolute Gasteiger partial charge is 0.416 e. The number of aliphatic imine (C=N–C) groups is 1. The SMILES string of the molecule is CC(=O)C1=NC2=CN(c3cccnc3C)c3cc(C(F)(F)F)ccc3N2C1O. The maximum absolute atomic E-state index is 13.3. The van der Waals surface area contributed by atoms with Crippen LogP contribution in [0.4, 0.5) is 30.2 Å². The molecule has 0 radical (unpaired) electrons. The molecule has 2 aromatic rings. The van der Waals surface area contributed by atoms with Gasteiger partial charge in [0.2, 0.25) is 0 Å². The van der Waals surface area contributed by atoms with Crippen molar-refractivity contribution in [3.8, 4) is 0 Å². The molecule has 1 unspecified atom stereocenters. The van der Waals surface area contributed by atoms with Gasteiger partial charge in [-0.1, -0.05) is 0 Å². The van der Waals surface area contributed by atoms with Gasteiger partial charge in [-0.3, -0.25) is 14.7 Å². The number of anilines is 3. The Morgan fingerprint density at radius 3 is 2.57 bits per heavy atom. The summed E-state index contributed by atoms with van der Waals surface area (Å²) < 4.78 is 39.9. The Kier molecular flexibility index (Phi) is 4.00. The van der Waals surface area contributed by atoms with Gasteiger partial charge < -0.3 is 10.0 Å². The number of rotatable bonds is 2. The van der Waals surface area contributed by atoms with E-state index in [0.29, 0.717) is 17.1 Å². The number of aliphatic hydroxyl groups is 1. The molecule has 6 nitrogen and oxygen atoms in total. The molecule has 4 rings (SSSR count). The summed E-state index contributed by atoms with van der Waals surface area (Å²) in [7, 11) is 0. The highest BCUT2D eigenvalue weighted by atomic mass is 19.4. The number of halogens is 3. The second kappa shape index (κ2) is 6.16. The van der Waals surface area contributed by atoms with Crippen LogP contribution in [0.1, 0.15) is 18.2 Å². The van der Waals surface area contributed by atoms with Crippen LogP contribution in [0.15, 0.2) is 53.5 Å². The van der Waals surface area contributed by atoms with E-state index in [1.165, 1.54) is 29.0 Å². The van der Waals surface area contributed by atoms with Gasteiger partial charge in [-0.2, -0.15) is 13.2 Å². The fourth-order valence-corrected chi connectivity index (χ4v) is 3.30. The van der Waals surface area contributed by atoms with E-state index in [1.54, 1.807) is 25.3 Å². The summed E-state index contributed by atoms with van der Waals surface area (Å²) >= 11 is 0. The van der Waals surface area contributed by atoms with Crippen LogP contribution in [-0.2, 0) is 11.0 Å². The van der Waals surface area contributed by atoms with Crippen LogP contribution in [0, 0.1) is 6.92 Å². The normalized spacial score (nSPS) is 18.4. The summed E-state index contributed by atoms with van der Waals surface area (Å²) in [5.41, 5.74) is 0.787. The minimum atomic E-state index is -4.53. The topological polar surface area (TPSA) is 69.0 Å². The van der Waals surface area contributed by atoms with Gasteiger partial charge in [0.15, 0.2) is 17.8 Å². The van der Waals surface area contributed by atoms with E-state index in [9.17, 15) is 23.1 Å². The highest BCUT2D eigenvalue weighted by Crippen LogP contribution is 2.46. The zero-order chi connectivity index (χ0) is 20.2. The Morgan fingerprint density at radius 1 is 1.18 bits per heavy atom. The zero-order valence-electron chi connectivity index (χ0n) is 14.9. The van der Waals surface area contributed by atoms with E-state index in [2.05, 4.69) is 9.98 Å². The number of fused-ring (bicyclic) bond motifs is 3. The standard InChI is InChI=1S/C19H15F3N4O2/c1-10-13(4-3-7-23-10)25-9-16-24-17(11(2)27)18(28)26(16)14-6-5-12(8-15(14)25)19(20,21)22/h3-9,18,28H,1-2H3. The van der Waals surface area contributed by atoms with Gasteiger partial charge in [-0.15, -0.1) is 0 Å².